The molecule has 3 nitrogen and oxygen atoms in total. The molecule has 0 spiro atoms. The zero-order chi connectivity index (χ0) is 12.0. The van der Waals surface area contributed by atoms with Crippen LogP contribution in [0.1, 0.15) is 20.8 Å². The lowest BCUT2D eigenvalue weighted by Gasteiger charge is -2.13. The Morgan fingerprint density at radius 2 is 1.81 bits per heavy atom. The number of hydrogen-bond acceptors (Lipinski definition) is 3. The molecule has 0 saturated carbocycles. The topological polar surface area (TPSA) is 47.3 Å². The predicted octanol–water partition coefficient (Wildman–Crippen LogP) is 2.48. The van der Waals surface area contributed by atoms with Crippen LogP contribution in [0.3, 0.4) is 0 Å². The summed E-state index contributed by atoms with van der Waals surface area (Å²) in [6, 6.07) is 8.02. The fourth-order valence-electron chi connectivity index (χ4n) is 1.30. The van der Waals surface area contributed by atoms with E-state index in [1.54, 1.807) is 0 Å². The molecule has 0 saturated heterocycles. The third-order valence-corrected chi connectivity index (χ3v) is 2.28. The Balaban J connectivity index is 2.45. The number of nitrogens with one attached hydrogen (secondary N) is 1. The van der Waals surface area contributed by atoms with Crippen LogP contribution in [0.25, 0.3) is 0 Å². The Hall–Kier alpha value is -1.22. The molecule has 3 heteroatoms. The highest BCUT2D eigenvalue weighted by Gasteiger charge is 2.00. The Morgan fingerprint density at radius 3 is 2.31 bits per heavy atom. The van der Waals surface area contributed by atoms with Crippen molar-refractivity contribution in [2.45, 2.75) is 26.9 Å². The first kappa shape index (κ1) is 12.8. The van der Waals surface area contributed by atoms with Gasteiger partial charge >= 0.3 is 0 Å². The van der Waals surface area contributed by atoms with E-state index >= 15 is 0 Å². The highest BCUT2D eigenvalue weighted by atomic mass is 16.5. The average Bonchev–Trinajstić information content (AvgIpc) is 2.27. The van der Waals surface area contributed by atoms with Crippen LogP contribution in [0, 0.1) is 5.92 Å². The predicted molar refractivity (Wildman–Crippen MR) is 68.9 cm³/mol. The van der Waals surface area contributed by atoms with Crippen molar-refractivity contribution >= 4 is 5.69 Å². The van der Waals surface area contributed by atoms with Gasteiger partial charge in [-0.1, -0.05) is 6.92 Å². The summed E-state index contributed by atoms with van der Waals surface area (Å²) >= 11 is 0. The van der Waals surface area contributed by atoms with E-state index in [1.807, 2.05) is 38.1 Å². The van der Waals surface area contributed by atoms with Crippen molar-refractivity contribution < 1.29 is 4.74 Å². The number of benzene rings is 1. The van der Waals surface area contributed by atoms with E-state index in [0.29, 0.717) is 12.5 Å². The van der Waals surface area contributed by atoms with Crippen molar-refractivity contribution in [2.24, 2.45) is 11.7 Å². The van der Waals surface area contributed by atoms with Crippen LogP contribution in [0.15, 0.2) is 24.3 Å². The number of rotatable bonds is 6. The van der Waals surface area contributed by atoms with Gasteiger partial charge in [0.2, 0.25) is 0 Å². The van der Waals surface area contributed by atoms with Crippen molar-refractivity contribution in [3.8, 4) is 5.75 Å². The third-order valence-electron chi connectivity index (χ3n) is 2.28. The molecule has 16 heavy (non-hydrogen) atoms. The van der Waals surface area contributed by atoms with Crippen LogP contribution in [-0.4, -0.2) is 19.2 Å². The van der Waals surface area contributed by atoms with E-state index in [9.17, 15) is 0 Å². The van der Waals surface area contributed by atoms with Crippen molar-refractivity contribution in [3.63, 3.8) is 0 Å². The summed E-state index contributed by atoms with van der Waals surface area (Å²) in [6.07, 6.45) is 0.219. The zero-order valence-electron chi connectivity index (χ0n) is 10.4. The maximum Gasteiger partial charge on any atom is 0.119 e. The molecule has 0 radical (unpaired) electrons. The van der Waals surface area contributed by atoms with Crippen molar-refractivity contribution in [3.05, 3.63) is 24.3 Å². The minimum atomic E-state index is 0.219. The largest absolute Gasteiger partial charge is 0.491 e. The molecule has 1 unspecified atom stereocenters. The molecule has 90 valence electrons. The fraction of sp³-hybridized carbons (Fsp3) is 0.538. The monoisotopic (exact) mass is 222 g/mol. The maximum absolute atomic E-state index is 5.57. The highest BCUT2D eigenvalue weighted by Crippen LogP contribution is 2.16. The first-order chi connectivity index (χ1) is 7.61. The molecule has 0 aliphatic heterocycles. The van der Waals surface area contributed by atoms with Gasteiger partial charge < -0.3 is 15.8 Å². The van der Waals surface area contributed by atoms with Crippen molar-refractivity contribution in [1.29, 1.82) is 0 Å². The normalized spacial score (nSPS) is 12.6. The van der Waals surface area contributed by atoms with E-state index in [2.05, 4.69) is 12.2 Å². The molecule has 0 aromatic heterocycles. The van der Waals surface area contributed by atoms with Gasteiger partial charge in [0.05, 0.1) is 6.10 Å². The molecule has 1 aromatic carbocycles. The molecule has 1 aromatic rings. The summed E-state index contributed by atoms with van der Waals surface area (Å²) in [7, 11) is 0. The van der Waals surface area contributed by atoms with Crippen LogP contribution < -0.4 is 15.8 Å². The molecule has 0 amide bonds. The molecule has 0 aliphatic carbocycles. The van der Waals surface area contributed by atoms with Gasteiger partial charge in [-0.05, 0) is 50.6 Å². The zero-order valence-corrected chi connectivity index (χ0v) is 10.4. The standard InChI is InChI=1S/C13H22N2O/c1-10(2)16-13-6-4-12(5-7-13)15-9-11(3)8-14/h4-7,10-11,15H,8-9,14H2,1-3H3. The Labute approximate surface area is 98.0 Å². The van der Waals surface area contributed by atoms with Crippen LogP contribution >= 0.6 is 0 Å². The van der Waals surface area contributed by atoms with E-state index in [-0.39, 0.29) is 6.10 Å². The van der Waals surface area contributed by atoms with Gasteiger partial charge in [-0.15, -0.1) is 0 Å². The quantitative estimate of drug-likeness (QED) is 0.777. The summed E-state index contributed by atoms with van der Waals surface area (Å²) in [5.41, 5.74) is 6.66. The maximum atomic E-state index is 5.57. The summed E-state index contributed by atoms with van der Waals surface area (Å²) < 4.78 is 5.57. The van der Waals surface area contributed by atoms with Crippen LogP contribution in [0.5, 0.6) is 5.75 Å². The van der Waals surface area contributed by atoms with Crippen LogP contribution in [-0.2, 0) is 0 Å². The van der Waals surface area contributed by atoms with Gasteiger partial charge in [0.15, 0.2) is 0 Å². The lowest BCUT2D eigenvalue weighted by molar-refractivity contribution is 0.242. The van der Waals surface area contributed by atoms with Crippen LogP contribution in [0.2, 0.25) is 0 Å². The van der Waals surface area contributed by atoms with Crippen molar-refractivity contribution in [2.75, 3.05) is 18.4 Å². The van der Waals surface area contributed by atoms with Crippen LogP contribution in [0.4, 0.5) is 5.69 Å². The average molecular weight is 222 g/mol. The van der Waals surface area contributed by atoms with Crippen molar-refractivity contribution in [1.82, 2.24) is 0 Å². The molecule has 0 bridgehead atoms. The minimum absolute atomic E-state index is 0.219. The smallest absolute Gasteiger partial charge is 0.119 e. The van der Waals surface area contributed by atoms with Gasteiger partial charge in [0.1, 0.15) is 5.75 Å². The molecule has 3 N–H and O–H groups in total. The molecule has 1 atom stereocenters. The third kappa shape index (κ3) is 4.53. The molecular weight excluding hydrogens is 200 g/mol. The number of ether oxygens (including phenoxy) is 1. The summed E-state index contributed by atoms with van der Waals surface area (Å²) in [6.45, 7) is 7.79. The molecule has 0 fully saturated rings. The van der Waals surface area contributed by atoms with Gasteiger partial charge in [-0.25, -0.2) is 0 Å². The Bertz CT molecular complexity index is 295. The summed E-state index contributed by atoms with van der Waals surface area (Å²) in [5, 5.41) is 3.34. The number of hydrogen-bond donors (Lipinski definition) is 2. The minimum Gasteiger partial charge on any atom is -0.491 e. The number of anilines is 1. The first-order valence-corrected chi connectivity index (χ1v) is 5.82. The summed E-state index contributed by atoms with van der Waals surface area (Å²) in [5.74, 6) is 1.40. The number of nitrogens with two attached hydrogens (primary N) is 1. The second-order valence-electron chi connectivity index (χ2n) is 4.41. The second-order valence-corrected chi connectivity index (χ2v) is 4.41. The molecule has 1 rings (SSSR count). The second kappa shape index (κ2) is 6.38. The van der Waals surface area contributed by atoms with Gasteiger partial charge in [0, 0.05) is 12.2 Å². The molecule has 0 heterocycles. The van der Waals surface area contributed by atoms with E-state index < -0.39 is 0 Å². The lowest BCUT2D eigenvalue weighted by Crippen LogP contribution is -2.19. The van der Waals surface area contributed by atoms with Gasteiger partial charge in [-0.2, -0.15) is 0 Å². The Morgan fingerprint density at radius 1 is 1.19 bits per heavy atom. The molecule has 0 aliphatic rings. The Kier molecular flexibility index (Phi) is 5.12. The lowest BCUT2D eigenvalue weighted by atomic mass is 10.2. The highest BCUT2D eigenvalue weighted by molar-refractivity contribution is 5.46. The van der Waals surface area contributed by atoms with E-state index in [1.165, 1.54) is 0 Å². The van der Waals surface area contributed by atoms with Gasteiger partial charge in [0.25, 0.3) is 0 Å². The van der Waals surface area contributed by atoms with Gasteiger partial charge in [-0.3, -0.25) is 0 Å². The SMILES string of the molecule is CC(CN)CNc1ccc(OC(C)C)cc1. The fourth-order valence-corrected chi connectivity index (χ4v) is 1.30. The summed E-state index contributed by atoms with van der Waals surface area (Å²) in [4.78, 5) is 0. The van der Waals surface area contributed by atoms with E-state index in [4.69, 9.17) is 10.5 Å². The van der Waals surface area contributed by atoms with E-state index in [0.717, 1.165) is 18.0 Å². The first-order valence-electron chi connectivity index (χ1n) is 5.82. The molecular formula is C13H22N2O.